The van der Waals surface area contributed by atoms with E-state index in [0.29, 0.717) is 25.8 Å². The van der Waals surface area contributed by atoms with Crippen molar-refractivity contribution < 1.29 is 35.9 Å². The number of hydrogen-bond donors (Lipinski definition) is 1. The van der Waals surface area contributed by atoms with Crippen LogP contribution >= 0.6 is 0 Å². The Morgan fingerprint density at radius 3 is 2.36 bits per heavy atom. The van der Waals surface area contributed by atoms with Crippen molar-refractivity contribution in [2.24, 2.45) is 0 Å². The van der Waals surface area contributed by atoms with Gasteiger partial charge in [0.25, 0.3) is 0 Å². The van der Waals surface area contributed by atoms with E-state index in [1.54, 1.807) is 16.7 Å². The van der Waals surface area contributed by atoms with Crippen LogP contribution in [-0.2, 0) is 21.9 Å². The maximum atomic E-state index is 13.1. The topological polar surface area (TPSA) is 96.4 Å². The normalized spacial score (nSPS) is 17.7. The van der Waals surface area contributed by atoms with Gasteiger partial charge in [0.1, 0.15) is 5.56 Å². The Bertz CT molecular complexity index is 1020. The van der Waals surface area contributed by atoms with Gasteiger partial charge in [-0.15, -0.1) is 0 Å². The first-order valence-electron chi connectivity index (χ1n) is 11.0. The third-order valence-corrected chi connectivity index (χ3v) is 5.46. The molecule has 1 aliphatic rings. The maximum Gasteiger partial charge on any atom is 0.420 e. The molecule has 0 aromatic carbocycles. The fourth-order valence-corrected chi connectivity index (χ4v) is 3.67. The Kier molecular flexibility index (Phi) is 8.53. The van der Waals surface area contributed by atoms with Crippen LogP contribution in [0.1, 0.15) is 31.4 Å². The molecule has 198 valence electrons. The predicted molar refractivity (Wildman–Crippen MR) is 116 cm³/mol. The number of hydrogen-bond acceptors (Lipinski definition) is 8. The summed E-state index contributed by atoms with van der Waals surface area (Å²) in [4.78, 5) is 23.6. The highest BCUT2D eigenvalue weighted by Crippen LogP contribution is 2.34. The molecular weight excluding hydrogens is 496 g/mol. The largest absolute Gasteiger partial charge is 0.420 e. The van der Waals surface area contributed by atoms with Crippen LogP contribution in [0, 0.1) is 0 Å². The zero-order chi connectivity index (χ0) is 26.5. The zero-order valence-electron chi connectivity index (χ0n) is 19.5. The number of amides is 1. The second kappa shape index (κ2) is 11.2. The lowest BCUT2D eigenvalue weighted by atomic mass is 10.2. The molecular formula is C21H25F6N7O2. The minimum Gasteiger partial charge on any atom is -0.379 e. The molecule has 3 heterocycles. The summed E-state index contributed by atoms with van der Waals surface area (Å²) in [6.45, 7) is 4.60. The van der Waals surface area contributed by atoms with Crippen LogP contribution in [0.2, 0.25) is 0 Å². The highest BCUT2D eigenvalue weighted by atomic mass is 19.4. The summed E-state index contributed by atoms with van der Waals surface area (Å²) in [5, 5.41) is 9.42. The second-order valence-electron chi connectivity index (χ2n) is 8.34. The summed E-state index contributed by atoms with van der Waals surface area (Å²) in [6, 6.07) is -0.727. The van der Waals surface area contributed by atoms with Crippen molar-refractivity contribution in [3.8, 4) is 0 Å². The van der Waals surface area contributed by atoms with Crippen LogP contribution in [0.15, 0.2) is 24.8 Å². The van der Waals surface area contributed by atoms with E-state index in [1.165, 1.54) is 0 Å². The minimum absolute atomic E-state index is 0.0570. The molecule has 0 radical (unpaired) electrons. The van der Waals surface area contributed by atoms with E-state index in [9.17, 15) is 31.1 Å². The molecule has 15 heteroatoms. The Balaban J connectivity index is 1.42. The van der Waals surface area contributed by atoms with Gasteiger partial charge in [-0.05, 0) is 13.8 Å². The monoisotopic (exact) mass is 521 g/mol. The van der Waals surface area contributed by atoms with Gasteiger partial charge in [0.15, 0.2) is 0 Å². The molecule has 1 fully saturated rings. The highest BCUT2D eigenvalue weighted by molar-refractivity contribution is 5.77. The summed E-state index contributed by atoms with van der Waals surface area (Å²) >= 11 is 0. The number of anilines is 2. The number of rotatable bonds is 8. The molecule has 9 nitrogen and oxygen atoms in total. The highest BCUT2D eigenvalue weighted by Gasteiger charge is 2.35. The third-order valence-electron chi connectivity index (χ3n) is 5.46. The van der Waals surface area contributed by atoms with Crippen molar-refractivity contribution in [2.45, 2.75) is 44.7 Å². The molecule has 0 bridgehead atoms. The number of halogens is 6. The molecule has 0 saturated carbocycles. The quantitative estimate of drug-likeness (QED) is 0.418. The van der Waals surface area contributed by atoms with Crippen molar-refractivity contribution in [1.29, 1.82) is 0 Å². The summed E-state index contributed by atoms with van der Waals surface area (Å²) < 4.78 is 82.7. The van der Waals surface area contributed by atoms with Crippen LogP contribution in [0.3, 0.4) is 0 Å². The Hall–Kier alpha value is -3.23. The van der Waals surface area contributed by atoms with Crippen LogP contribution in [0.4, 0.5) is 38.0 Å². The van der Waals surface area contributed by atoms with Crippen LogP contribution in [-0.4, -0.2) is 75.9 Å². The van der Waals surface area contributed by atoms with Gasteiger partial charge in [-0.3, -0.25) is 4.79 Å². The number of ether oxygens (including phenoxy) is 1. The first-order valence-corrected chi connectivity index (χ1v) is 11.0. The summed E-state index contributed by atoms with van der Waals surface area (Å²) in [6.07, 6.45) is -5.95. The third kappa shape index (κ3) is 7.15. The number of carbonyl (C=O) groups excluding carboxylic acids is 1. The maximum absolute atomic E-state index is 13.1. The minimum atomic E-state index is -4.58. The molecule has 1 N–H and O–H groups in total. The van der Waals surface area contributed by atoms with E-state index in [4.69, 9.17) is 4.74 Å². The Labute approximate surface area is 202 Å². The summed E-state index contributed by atoms with van der Waals surface area (Å²) in [7, 11) is 0. The van der Waals surface area contributed by atoms with Crippen molar-refractivity contribution in [2.75, 3.05) is 43.1 Å². The number of alkyl halides is 6. The average molecular weight is 521 g/mol. The molecule has 0 unspecified atom stereocenters. The van der Waals surface area contributed by atoms with E-state index in [-0.39, 0.29) is 43.2 Å². The first kappa shape index (κ1) is 27.4. The van der Waals surface area contributed by atoms with Crippen LogP contribution < -0.4 is 10.2 Å². The van der Waals surface area contributed by atoms with Crippen molar-refractivity contribution in [3.63, 3.8) is 0 Å². The van der Waals surface area contributed by atoms with E-state index in [2.05, 4.69) is 25.5 Å². The fourth-order valence-electron chi connectivity index (χ4n) is 3.67. The molecule has 2 aromatic rings. The van der Waals surface area contributed by atoms with Crippen molar-refractivity contribution >= 4 is 17.5 Å². The number of carbonyl (C=O) groups is 1. The van der Waals surface area contributed by atoms with Gasteiger partial charge in [0.2, 0.25) is 11.9 Å². The van der Waals surface area contributed by atoms with E-state index in [0.717, 1.165) is 18.6 Å². The van der Waals surface area contributed by atoms with E-state index >= 15 is 0 Å². The number of aromatic nitrogens is 4. The number of piperazine rings is 1. The van der Waals surface area contributed by atoms with Gasteiger partial charge in [0, 0.05) is 44.1 Å². The second-order valence-corrected chi connectivity index (χ2v) is 8.34. The Morgan fingerprint density at radius 2 is 1.75 bits per heavy atom. The number of nitrogens with zero attached hydrogens (tertiary/aromatic N) is 6. The van der Waals surface area contributed by atoms with Gasteiger partial charge in [-0.25, -0.2) is 9.97 Å². The fraction of sp³-hybridized carbons (Fsp3) is 0.571. The number of nitrogens with one attached hydrogen (secondary N) is 1. The lowest BCUT2D eigenvalue weighted by Gasteiger charge is -2.40. The Morgan fingerprint density at radius 1 is 1.08 bits per heavy atom. The van der Waals surface area contributed by atoms with Gasteiger partial charge >= 0.3 is 12.4 Å². The molecule has 1 aliphatic heterocycles. The smallest absolute Gasteiger partial charge is 0.379 e. The molecule has 0 aliphatic carbocycles. The molecule has 0 spiro atoms. The summed E-state index contributed by atoms with van der Waals surface area (Å²) in [5.41, 5.74) is -2.08. The average Bonchev–Trinajstić information content (AvgIpc) is 2.81. The standard InChI is InChI=1S/C21H25F6N7O2/c1-13(32-17-10-31-30-9-16(17)21(25,26)27)12-36-6-3-18(35)34-5-4-33(11-14(34)2)19-28-7-15(8-29-19)20(22,23)24/h7-10,13-14H,3-6,11-12H2,1-2H3,(H,30,32)/t13-,14+/m0/s1. The molecule has 1 saturated heterocycles. The molecule has 3 rings (SSSR count). The van der Waals surface area contributed by atoms with E-state index < -0.39 is 29.5 Å². The van der Waals surface area contributed by atoms with Crippen LogP contribution in [0.25, 0.3) is 0 Å². The lowest BCUT2D eigenvalue weighted by molar-refractivity contribution is -0.138. The summed E-state index contributed by atoms with van der Waals surface area (Å²) in [5.74, 6) is -0.0151. The van der Waals surface area contributed by atoms with E-state index in [1.807, 2.05) is 6.92 Å². The first-order chi connectivity index (χ1) is 16.9. The SMILES string of the molecule is C[C@@H]1CN(c2ncc(C(F)(F)F)cn2)CCN1C(=O)CCOC[C@H](C)Nc1cnncc1C(F)(F)F. The van der Waals surface area contributed by atoms with Gasteiger partial charge < -0.3 is 19.9 Å². The zero-order valence-corrected chi connectivity index (χ0v) is 19.5. The molecule has 2 atom stereocenters. The van der Waals surface area contributed by atoms with Gasteiger partial charge in [-0.2, -0.15) is 36.5 Å². The van der Waals surface area contributed by atoms with Crippen molar-refractivity contribution in [1.82, 2.24) is 25.1 Å². The molecule has 36 heavy (non-hydrogen) atoms. The van der Waals surface area contributed by atoms with Gasteiger partial charge in [0.05, 0.1) is 43.3 Å². The lowest BCUT2D eigenvalue weighted by Crippen LogP contribution is -2.54. The van der Waals surface area contributed by atoms with Crippen molar-refractivity contribution in [3.05, 3.63) is 35.9 Å². The van der Waals surface area contributed by atoms with Crippen LogP contribution in [0.5, 0.6) is 0 Å². The predicted octanol–water partition coefficient (Wildman–Crippen LogP) is 3.25. The molecule has 2 aromatic heterocycles. The van der Waals surface area contributed by atoms with Gasteiger partial charge in [-0.1, -0.05) is 0 Å². The molecule has 1 amide bonds.